The molecule has 0 radical (unpaired) electrons. The van der Waals surface area contributed by atoms with E-state index in [0.717, 1.165) is 5.57 Å². The fraction of sp³-hybridized carbons (Fsp3) is 0.333. The quantitative estimate of drug-likeness (QED) is 0.454. The van der Waals surface area contributed by atoms with Crippen molar-refractivity contribution >= 4 is 11.6 Å². The van der Waals surface area contributed by atoms with Crippen LogP contribution in [0.3, 0.4) is 0 Å². The van der Waals surface area contributed by atoms with Crippen molar-refractivity contribution in [3.05, 3.63) is 23.5 Å². The van der Waals surface area contributed by atoms with Gasteiger partial charge in [0.2, 0.25) is 5.78 Å². The van der Waals surface area contributed by atoms with Gasteiger partial charge in [-0.15, -0.1) is 0 Å². The molecule has 12 heavy (non-hydrogen) atoms. The monoisotopic (exact) mass is 166 g/mol. The highest BCUT2D eigenvalue weighted by atomic mass is 16.5. The zero-order chi connectivity index (χ0) is 9.14. The van der Waals surface area contributed by atoms with Crippen LogP contribution in [0.15, 0.2) is 23.5 Å². The molecule has 0 unspecified atom stereocenters. The summed E-state index contributed by atoms with van der Waals surface area (Å²) in [4.78, 5) is 22.0. The third-order valence-electron chi connectivity index (χ3n) is 1.74. The highest BCUT2D eigenvalue weighted by Gasteiger charge is 2.23. The van der Waals surface area contributed by atoms with E-state index in [1.165, 1.54) is 13.2 Å². The predicted molar refractivity (Wildman–Crippen MR) is 43.5 cm³/mol. The molecule has 0 bridgehead atoms. The molecule has 0 aromatic rings. The zero-order valence-electron chi connectivity index (χ0n) is 7.09. The molecule has 0 heterocycles. The molecule has 0 aromatic carbocycles. The molecule has 0 atom stereocenters. The van der Waals surface area contributed by atoms with Gasteiger partial charge >= 0.3 is 0 Å². The van der Waals surface area contributed by atoms with Crippen LogP contribution in [0, 0.1) is 0 Å². The Morgan fingerprint density at radius 2 is 2.00 bits per heavy atom. The summed E-state index contributed by atoms with van der Waals surface area (Å²) in [6, 6.07) is 0. The molecule has 0 spiro atoms. The summed E-state index contributed by atoms with van der Waals surface area (Å²) >= 11 is 0. The molecule has 0 amide bonds. The van der Waals surface area contributed by atoms with Crippen molar-refractivity contribution in [2.24, 2.45) is 0 Å². The lowest BCUT2D eigenvalue weighted by Crippen LogP contribution is -2.19. The van der Waals surface area contributed by atoms with E-state index in [4.69, 9.17) is 4.74 Å². The van der Waals surface area contributed by atoms with Gasteiger partial charge in [-0.25, -0.2) is 0 Å². The lowest BCUT2D eigenvalue weighted by molar-refractivity contribution is -0.133. The van der Waals surface area contributed by atoms with E-state index in [9.17, 15) is 9.59 Å². The summed E-state index contributed by atoms with van der Waals surface area (Å²) in [5.41, 5.74) is 0.780. The fourth-order valence-electron chi connectivity index (χ4n) is 1.09. The van der Waals surface area contributed by atoms with Gasteiger partial charge in [0.15, 0.2) is 5.76 Å². The second-order valence-electron chi connectivity index (χ2n) is 2.44. The van der Waals surface area contributed by atoms with Gasteiger partial charge in [-0.3, -0.25) is 9.59 Å². The van der Waals surface area contributed by atoms with E-state index in [2.05, 4.69) is 0 Å². The number of allylic oxidation sites excluding steroid dienone is 4. The summed E-state index contributed by atoms with van der Waals surface area (Å²) in [5.74, 6) is -0.870. The Hall–Kier alpha value is -1.38. The average Bonchev–Trinajstić information content (AvgIpc) is 2.09. The number of carbonyl (C=O) groups is 2. The van der Waals surface area contributed by atoms with Gasteiger partial charge < -0.3 is 4.74 Å². The minimum atomic E-state index is -0.545. The van der Waals surface area contributed by atoms with Crippen molar-refractivity contribution < 1.29 is 14.3 Å². The number of methoxy groups -OCH3 is 1. The molecule has 3 nitrogen and oxygen atoms in total. The summed E-state index contributed by atoms with van der Waals surface area (Å²) in [7, 11) is 1.40. The Balaban J connectivity index is 3.09. The molecule has 1 aliphatic rings. The van der Waals surface area contributed by atoms with Crippen molar-refractivity contribution in [1.29, 1.82) is 0 Å². The van der Waals surface area contributed by atoms with Gasteiger partial charge in [0.1, 0.15) is 0 Å². The molecular formula is C9H10O3. The molecule has 0 fully saturated rings. The van der Waals surface area contributed by atoms with Crippen LogP contribution in [0.4, 0.5) is 0 Å². The molecule has 0 aliphatic heterocycles. The topological polar surface area (TPSA) is 43.4 Å². The minimum Gasteiger partial charge on any atom is -0.492 e. The van der Waals surface area contributed by atoms with Gasteiger partial charge in [0.25, 0.3) is 5.78 Å². The fourth-order valence-corrected chi connectivity index (χ4v) is 1.09. The standard InChI is InChI=1S/C9H10O3/c1-3-6-4-5-7(10)8(11)9(6)12-2/h4-5H,3H2,1-2H3. The lowest BCUT2D eigenvalue weighted by Gasteiger charge is -2.10. The smallest absolute Gasteiger partial charge is 0.267 e. The third kappa shape index (κ3) is 1.30. The van der Waals surface area contributed by atoms with Crippen LogP contribution in [0.25, 0.3) is 0 Å². The van der Waals surface area contributed by atoms with Gasteiger partial charge in [-0.05, 0) is 18.1 Å². The van der Waals surface area contributed by atoms with E-state index in [0.29, 0.717) is 6.42 Å². The second kappa shape index (κ2) is 3.34. The lowest BCUT2D eigenvalue weighted by atomic mass is 10.0. The van der Waals surface area contributed by atoms with Crippen LogP contribution in [0.5, 0.6) is 0 Å². The van der Waals surface area contributed by atoms with Crippen molar-refractivity contribution in [3.8, 4) is 0 Å². The molecule has 0 N–H and O–H groups in total. The summed E-state index contributed by atoms with van der Waals surface area (Å²) in [5, 5.41) is 0. The van der Waals surface area contributed by atoms with Crippen LogP contribution < -0.4 is 0 Å². The summed E-state index contributed by atoms with van der Waals surface area (Å²) in [6.07, 6.45) is 3.60. The molecule has 1 rings (SSSR count). The molecule has 1 aliphatic carbocycles. The van der Waals surface area contributed by atoms with Gasteiger partial charge in [0, 0.05) is 0 Å². The SMILES string of the molecule is CCC1=C(OC)C(=O)C(=O)C=C1. The molecule has 3 heteroatoms. The number of ether oxygens (including phenoxy) is 1. The first-order valence-electron chi connectivity index (χ1n) is 3.74. The van der Waals surface area contributed by atoms with Crippen molar-refractivity contribution in [2.45, 2.75) is 13.3 Å². The molecule has 0 saturated heterocycles. The summed E-state index contributed by atoms with van der Waals surface area (Å²) in [6.45, 7) is 1.90. The first-order valence-corrected chi connectivity index (χ1v) is 3.74. The van der Waals surface area contributed by atoms with Crippen LogP contribution >= 0.6 is 0 Å². The van der Waals surface area contributed by atoms with Crippen LogP contribution in [-0.2, 0) is 14.3 Å². The van der Waals surface area contributed by atoms with Crippen LogP contribution in [-0.4, -0.2) is 18.7 Å². The van der Waals surface area contributed by atoms with Gasteiger partial charge in [-0.1, -0.05) is 13.0 Å². The normalized spacial score (nSPS) is 17.2. The van der Waals surface area contributed by atoms with E-state index in [1.54, 1.807) is 6.08 Å². The minimum absolute atomic E-state index is 0.185. The molecular weight excluding hydrogens is 156 g/mol. The maximum absolute atomic E-state index is 11.1. The van der Waals surface area contributed by atoms with E-state index >= 15 is 0 Å². The predicted octanol–water partition coefficient (Wildman–Crippen LogP) is 1.00. The number of hydrogen-bond acceptors (Lipinski definition) is 3. The van der Waals surface area contributed by atoms with Crippen molar-refractivity contribution in [1.82, 2.24) is 0 Å². The number of hydrogen-bond donors (Lipinski definition) is 0. The Morgan fingerprint density at radius 3 is 2.50 bits per heavy atom. The van der Waals surface area contributed by atoms with Crippen LogP contribution in [0.2, 0.25) is 0 Å². The number of rotatable bonds is 2. The number of carbonyl (C=O) groups excluding carboxylic acids is 2. The van der Waals surface area contributed by atoms with E-state index in [-0.39, 0.29) is 5.76 Å². The molecule has 64 valence electrons. The van der Waals surface area contributed by atoms with Gasteiger partial charge in [-0.2, -0.15) is 0 Å². The number of ketones is 2. The maximum Gasteiger partial charge on any atom is 0.267 e. The van der Waals surface area contributed by atoms with Crippen LogP contribution in [0.1, 0.15) is 13.3 Å². The maximum atomic E-state index is 11.1. The first kappa shape index (κ1) is 8.71. The van der Waals surface area contributed by atoms with Crippen molar-refractivity contribution in [2.75, 3.05) is 7.11 Å². The highest BCUT2D eigenvalue weighted by Crippen LogP contribution is 2.16. The Bertz CT molecular complexity index is 284. The Labute approximate surface area is 70.7 Å². The Kier molecular flexibility index (Phi) is 2.43. The number of Topliss-reactive ketones (excluding diaryl/α,β-unsaturated/α-hetero) is 1. The Morgan fingerprint density at radius 1 is 1.33 bits per heavy atom. The van der Waals surface area contributed by atoms with E-state index in [1.807, 2.05) is 6.92 Å². The zero-order valence-corrected chi connectivity index (χ0v) is 7.09. The van der Waals surface area contributed by atoms with Gasteiger partial charge in [0.05, 0.1) is 7.11 Å². The third-order valence-corrected chi connectivity index (χ3v) is 1.74. The van der Waals surface area contributed by atoms with E-state index < -0.39 is 11.6 Å². The first-order chi connectivity index (χ1) is 5.70. The molecule has 0 aromatic heterocycles. The highest BCUT2D eigenvalue weighted by molar-refractivity contribution is 6.47. The average molecular weight is 166 g/mol. The largest absolute Gasteiger partial charge is 0.492 e. The summed E-state index contributed by atoms with van der Waals surface area (Å²) < 4.78 is 4.84. The van der Waals surface area contributed by atoms with Crippen molar-refractivity contribution in [3.63, 3.8) is 0 Å². The molecule has 0 saturated carbocycles. The second-order valence-corrected chi connectivity index (χ2v) is 2.44.